The lowest BCUT2D eigenvalue weighted by Gasteiger charge is -2.00. The summed E-state index contributed by atoms with van der Waals surface area (Å²) in [6, 6.07) is 13.8. The highest BCUT2D eigenvalue weighted by Crippen LogP contribution is 2.19. The Bertz CT molecular complexity index is 1060. The molecule has 0 bridgehead atoms. The predicted molar refractivity (Wildman–Crippen MR) is 95.1 cm³/mol. The Balaban J connectivity index is 1.68. The first-order valence-corrected chi connectivity index (χ1v) is 8.24. The van der Waals surface area contributed by atoms with Crippen LogP contribution in [0.5, 0.6) is 0 Å². The van der Waals surface area contributed by atoms with Crippen LogP contribution in [0.15, 0.2) is 60.1 Å². The molecule has 0 unspecified atom stereocenters. The van der Waals surface area contributed by atoms with Gasteiger partial charge in [-0.05, 0) is 35.9 Å². The van der Waals surface area contributed by atoms with Crippen molar-refractivity contribution >= 4 is 38.9 Å². The van der Waals surface area contributed by atoms with Crippen LogP contribution in [0.3, 0.4) is 0 Å². The number of hydrogen-bond acceptors (Lipinski definition) is 3. The van der Waals surface area contributed by atoms with E-state index >= 15 is 0 Å². The molecule has 0 N–H and O–H groups in total. The Morgan fingerprint density at radius 1 is 1.17 bits per heavy atom. The summed E-state index contributed by atoms with van der Waals surface area (Å²) in [7, 11) is 0. The van der Waals surface area contributed by atoms with Crippen molar-refractivity contribution in [2.75, 3.05) is 0 Å². The number of rotatable bonds is 3. The molecule has 0 amide bonds. The molecule has 0 saturated heterocycles. The number of carbonyl (C=O) groups is 1. The van der Waals surface area contributed by atoms with Crippen LogP contribution in [0.1, 0.15) is 21.7 Å². The molecule has 0 radical (unpaired) electrons. The van der Waals surface area contributed by atoms with Crippen molar-refractivity contribution < 1.29 is 4.79 Å². The van der Waals surface area contributed by atoms with E-state index in [0.29, 0.717) is 5.56 Å². The highest BCUT2D eigenvalue weighted by atomic mass is 32.1. The first-order valence-electron chi connectivity index (χ1n) is 7.36. The lowest BCUT2D eigenvalue weighted by molar-refractivity contribution is 0.104. The zero-order valence-corrected chi connectivity index (χ0v) is 13.4. The molecule has 4 heteroatoms. The largest absolute Gasteiger partial charge is 0.291 e. The maximum absolute atomic E-state index is 12.5. The average molecular weight is 318 g/mol. The maximum atomic E-state index is 12.5. The summed E-state index contributed by atoms with van der Waals surface area (Å²) in [5.41, 5.74) is 2.58. The summed E-state index contributed by atoms with van der Waals surface area (Å²) in [4.78, 5) is 17.9. The first kappa shape index (κ1) is 13.9. The predicted octanol–water partition coefficient (Wildman–Crippen LogP) is 4.75. The van der Waals surface area contributed by atoms with Crippen molar-refractivity contribution in [1.29, 1.82) is 0 Å². The summed E-state index contributed by atoms with van der Waals surface area (Å²) in [6.45, 7) is 1.96. The van der Waals surface area contributed by atoms with E-state index in [9.17, 15) is 4.79 Å². The van der Waals surface area contributed by atoms with Gasteiger partial charge in [0.05, 0.1) is 11.4 Å². The lowest BCUT2D eigenvalue weighted by atomic mass is 10.0. The Hall–Kier alpha value is -2.72. The van der Waals surface area contributed by atoms with Crippen molar-refractivity contribution in [3.8, 4) is 0 Å². The Morgan fingerprint density at radius 3 is 2.87 bits per heavy atom. The number of benzene rings is 2. The van der Waals surface area contributed by atoms with Crippen LogP contribution in [0, 0.1) is 6.92 Å². The first-order chi connectivity index (χ1) is 11.2. The SMILES string of the molecule is Cc1nc2sccn2c1/C=C/C(=O)c1ccc2ccccc2c1. The van der Waals surface area contributed by atoms with Gasteiger partial charge in [-0.3, -0.25) is 9.20 Å². The zero-order chi connectivity index (χ0) is 15.8. The van der Waals surface area contributed by atoms with E-state index in [2.05, 4.69) is 4.98 Å². The molecular formula is C19H14N2OS. The summed E-state index contributed by atoms with van der Waals surface area (Å²) in [5.74, 6) is 0.000308. The molecule has 0 aliphatic carbocycles. The molecule has 4 aromatic rings. The van der Waals surface area contributed by atoms with E-state index in [1.165, 1.54) is 0 Å². The minimum atomic E-state index is 0.000308. The third-order valence-electron chi connectivity index (χ3n) is 3.91. The second-order valence-corrected chi connectivity index (χ2v) is 6.27. The molecule has 0 spiro atoms. The second-order valence-electron chi connectivity index (χ2n) is 5.40. The van der Waals surface area contributed by atoms with Gasteiger partial charge in [-0.2, -0.15) is 0 Å². The number of imidazole rings is 1. The van der Waals surface area contributed by atoms with Crippen LogP contribution in [0.25, 0.3) is 21.8 Å². The average Bonchev–Trinajstić information content (AvgIpc) is 3.13. The van der Waals surface area contributed by atoms with Gasteiger partial charge in [0.1, 0.15) is 0 Å². The molecule has 0 atom stereocenters. The standard InChI is InChI=1S/C19H14N2OS/c1-13-17(21-10-11-23-19(21)20-13)8-9-18(22)16-7-6-14-4-2-3-5-15(14)12-16/h2-12H,1H3/b9-8+. The van der Waals surface area contributed by atoms with Crippen molar-refractivity contribution in [3.05, 3.63) is 77.1 Å². The quantitative estimate of drug-likeness (QED) is 0.403. The van der Waals surface area contributed by atoms with Gasteiger partial charge in [-0.15, -0.1) is 11.3 Å². The molecule has 2 heterocycles. The summed E-state index contributed by atoms with van der Waals surface area (Å²) in [5, 5.41) is 4.21. The topological polar surface area (TPSA) is 34.4 Å². The van der Waals surface area contributed by atoms with Gasteiger partial charge in [0.25, 0.3) is 0 Å². The third-order valence-corrected chi connectivity index (χ3v) is 4.67. The van der Waals surface area contributed by atoms with Crippen molar-refractivity contribution in [2.24, 2.45) is 0 Å². The van der Waals surface area contributed by atoms with Crippen LogP contribution >= 0.6 is 11.3 Å². The fraction of sp³-hybridized carbons (Fsp3) is 0.0526. The number of ketones is 1. The van der Waals surface area contributed by atoms with Gasteiger partial charge in [-0.1, -0.05) is 36.4 Å². The molecule has 3 nitrogen and oxygen atoms in total. The van der Waals surface area contributed by atoms with Gasteiger partial charge < -0.3 is 0 Å². The monoisotopic (exact) mass is 318 g/mol. The smallest absolute Gasteiger partial charge is 0.194 e. The third kappa shape index (κ3) is 2.47. The van der Waals surface area contributed by atoms with Crippen LogP contribution in [0.2, 0.25) is 0 Å². The molecule has 112 valence electrons. The Morgan fingerprint density at radius 2 is 2.00 bits per heavy atom. The summed E-state index contributed by atoms with van der Waals surface area (Å²) < 4.78 is 2.00. The summed E-state index contributed by atoms with van der Waals surface area (Å²) >= 11 is 1.59. The number of thiazole rings is 1. The molecule has 0 saturated carbocycles. The molecule has 0 aliphatic heterocycles. The Kier molecular flexibility index (Phi) is 3.32. The van der Waals surface area contributed by atoms with Crippen molar-refractivity contribution in [2.45, 2.75) is 6.92 Å². The fourth-order valence-corrected chi connectivity index (χ4v) is 3.47. The number of allylic oxidation sites excluding steroid dienone is 1. The van der Waals surface area contributed by atoms with Crippen LogP contribution in [0.4, 0.5) is 0 Å². The molecule has 4 rings (SSSR count). The normalized spacial score (nSPS) is 11.7. The zero-order valence-electron chi connectivity index (χ0n) is 12.6. The van der Waals surface area contributed by atoms with Crippen LogP contribution < -0.4 is 0 Å². The Labute approximate surface area is 137 Å². The molecule has 0 fully saturated rings. The van der Waals surface area contributed by atoms with Gasteiger partial charge in [-0.25, -0.2) is 4.98 Å². The summed E-state index contributed by atoms with van der Waals surface area (Å²) in [6.07, 6.45) is 5.44. The van der Waals surface area contributed by atoms with E-state index in [1.807, 2.05) is 71.4 Å². The molecule has 2 aromatic carbocycles. The highest BCUT2D eigenvalue weighted by Gasteiger charge is 2.08. The second kappa shape index (κ2) is 5.48. The van der Waals surface area contributed by atoms with E-state index in [1.54, 1.807) is 17.4 Å². The van der Waals surface area contributed by atoms with Crippen LogP contribution in [-0.4, -0.2) is 15.2 Å². The number of fused-ring (bicyclic) bond motifs is 2. The van der Waals surface area contributed by atoms with E-state index < -0.39 is 0 Å². The van der Waals surface area contributed by atoms with Crippen molar-refractivity contribution in [1.82, 2.24) is 9.38 Å². The molecule has 2 aromatic heterocycles. The fourth-order valence-electron chi connectivity index (χ4n) is 2.71. The number of carbonyl (C=O) groups excluding carboxylic acids is 1. The van der Waals surface area contributed by atoms with Gasteiger partial charge in [0.15, 0.2) is 10.7 Å². The van der Waals surface area contributed by atoms with E-state index in [0.717, 1.165) is 27.1 Å². The van der Waals surface area contributed by atoms with Crippen LogP contribution in [-0.2, 0) is 0 Å². The number of nitrogens with zero attached hydrogens (tertiary/aromatic N) is 2. The number of aromatic nitrogens is 2. The van der Waals surface area contributed by atoms with E-state index in [-0.39, 0.29) is 5.78 Å². The maximum Gasteiger partial charge on any atom is 0.194 e. The minimum absolute atomic E-state index is 0.000308. The highest BCUT2D eigenvalue weighted by molar-refractivity contribution is 7.15. The van der Waals surface area contributed by atoms with Gasteiger partial charge in [0, 0.05) is 17.1 Å². The van der Waals surface area contributed by atoms with E-state index in [4.69, 9.17) is 0 Å². The number of aryl methyl sites for hydroxylation is 1. The van der Waals surface area contributed by atoms with Gasteiger partial charge >= 0.3 is 0 Å². The molecule has 23 heavy (non-hydrogen) atoms. The number of hydrogen-bond donors (Lipinski definition) is 0. The minimum Gasteiger partial charge on any atom is -0.291 e. The molecular weight excluding hydrogens is 304 g/mol. The van der Waals surface area contributed by atoms with Crippen molar-refractivity contribution in [3.63, 3.8) is 0 Å². The lowest BCUT2D eigenvalue weighted by Crippen LogP contribution is -1.94. The van der Waals surface area contributed by atoms with Gasteiger partial charge in [0.2, 0.25) is 0 Å². The molecule has 0 aliphatic rings.